The van der Waals surface area contributed by atoms with Crippen molar-refractivity contribution in [1.82, 2.24) is 0 Å². The molecule has 1 aliphatic carbocycles. The molecule has 0 aliphatic heterocycles. The number of ether oxygens (including phenoxy) is 1. The van der Waals surface area contributed by atoms with Gasteiger partial charge in [0.25, 0.3) is 0 Å². The number of carboxylic acid groups (broad SMARTS) is 1. The van der Waals surface area contributed by atoms with Crippen molar-refractivity contribution in [2.24, 2.45) is 5.73 Å². The van der Waals surface area contributed by atoms with Crippen molar-refractivity contribution in [3.8, 4) is 11.1 Å². The Morgan fingerprint density at radius 2 is 1.64 bits per heavy atom. The Bertz CT molecular complexity index is 875. The van der Waals surface area contributed by atoms with Crippen LogP contribution in [0.2, 0.25) is 0 Å². The first-order valence-electron chi connectivity index (χ1n) is 8.00. The van der Waals surface area contributed by atoms with Crippen LogP contribution in [0, 0.1) is 0 Å². The summed E-state index contributed by atoms with van der Waals surface area (Å²) in [5.74, 6) is -1.07. The van der Waals surface area contributed by atoms with E-state index in [-0.39, 0.29) is 6.61 Å². The Kier molecular flexibility index (Phi) is 3.92. The van der Waals surface area contributed by atoms with E-state index in [0.717, 1.165) is 27.1 Å². The van der Waals surface area contributed by atoms with Gasteiger partial charge >= 0.3 is 5.97 Å². The molecule has 126 valence electrons. The first-order valence-corrected chi connectivity index (χ1v) is 8.88. The van der Waals surface area contributed by atoms with Crippen molar-refractivity contribution in [3.63, 3.8) is 0 Å². The molecule has 3 N–H and O–H groups in total. The molecule has 1 heterocycles. The number of carbonyl (C=O) groups is 1. The molecule has 0 fully saturated rings. The average Bonchev–Trinajstić information content (AvgIpc) is 3.26. The van der Waals surface area contributed by atoms with Crippen molar-refractivity contribution < 1.29 is 14.6 Å². The van der Waals surface area contributed by atoms with Crippen LogP contribution in [-0.4, -0.2) is 23.7 Å². The van der Waals surface area contributed by atoms with Crippen molar-refractivity contribution in [3.05, 3.63) is 82.0 Å². The molecule has 0 spiro atoms. The molecule has 1 aromatic heterocycles. The summed E-state index contributed by atoms with van der Waals surface area (Å²) in [6.07, 6.45) is 0. The number of hydrogen-bond donors (Lipinski definition) is 2. The number of nitrogens with two attached hydrogens (primary N) is 1. The lowest BCUT2D eigenvalue weighted by atomic mass is 9.89. The number of hydrogen-bond acceptors (Lipinski definition) is 4. The molecule has 0 saturated carbocycles. The van der Waals surface area contributed by atoms with Gasteiger partial charge in [-0.25, -0.2) is 0 Å². The molecule has 0 radical (unpaired) electrons. The van der Waals surface area contributed by atoms with Gasteiger partial charge in [0.2, 0.25) is 0 Å². The fourth-order valence-corrected chi connectivity index (χ4v) is 4.36. The van der Waals surface area contributed by atoms with Crippen molar-refractivity contribution in [2.75, 3.05) is 6.61 Å². The summed E-state index contributed by atoms with van der Waals surface area (Å²) in [6.45, 7) is -0.0735. The fourth-order valence-electron chi connectivity index (χ4n) is 3.45. The summed E-state index contributed by atoms with van der Waals surface area (Å²) < 4.78 is 6.32. The highest BCUT2D eigenvalue weighted by Gasteiger charge is 2.46. The van der Waals surface area contributed by atoms with Crippen LogP contribution >= 0.6 is 11.3 Å². The molecule has 5 heteroatoms. The monoisotopic (exact) mass is 351 g/mol. The minimum Gasteiger partial charge on any atom is -0.480 e. The SMILES string of the molecule is N[C@@H](COC1(c2cccs2)c2ccccc2-c2ccccc21)C(=O)O. The highest BCUT2D eigenvalue weighted by atomic mass is 32.1. The van der Waals surface area contributed by atoms with Crippen LogP contribution in [0.1, 0.15) is 16.0 Å². The molecule has 25 heavy (non-hydrogen) atoms. The molecular weight excluding hydrogens is 334 g/mol. The first-order chi connectivity index (χ1) is 12.1. The summed E-state index contributed by atoms with van der Waals surface area (Å²) in [6, 6.07) is 19.1. The smallest absolute Gasteiger partial charge is 0.322 e. The number of fused-ring (bicyclic) bond motifs is 3. The third kappa shape index (κ3) is 2.40. The predicted molar refractivity (Wildman–Crippen MR) is 97.6 cm³/mol. The fraction of sp³-hybridized carbons (Fsp3) is 0.150. The number of rotatable bonds is 5. The second kappa shape index (κ2) is 6.11. The second-order valence-corrected chi connectivity index (χ2v) is 6.95. The molecule has 0 amide bonds. The van der Waals surface area contributed by atoms with Crippen LogP contribution in [-0.2, 0) is 15.1 Å². The molecule has 4 rings (SSSR count). The summed E-state index contributed by atoms with van der Waals surface area (Å²) in [4.78, 5) is 12.2. The summed E-state index contributed by atoms with van der Waals surface area (Å²) in [5.41, 5.74) is 9.16. The van der Waals surface area contributed by atoms with Gasteiger partial charge in [-0.2, -0.15) is 0 Å². The Hall–Kier alpha value is -2.47. The van der Waals surface area contributed by atoms with Gasteiger partial charge in [-0.3, -0.25) is 4.79 Å². The van der Waals surface area contributed by atoms with Gasteiger partial charge in [0.05, 0.1) is 6.61 Å². The summed E-state index contributed by atoms with van der Waals surface area (Å²) in [7, 11) is 0. The van der Waals surface area contributed by atoms with E-state index in [0.29, 0.717) is 0 Å². The van der Waals surface area contributed by atoms with Crippen molar-refractivity contribution >= 4 is 17.3 Å². The largest absolute Gasteiger partial charge is 0.480 e. The molecule has 1 atom stereocenters. The van der Waals surface area contributed by atoms with Gasteiger partial charge in [-0.1, -0.05) is 54.6 Å². The lowest BCUT2D eigenvalue weighted by Gasteiger charge is -2.32. The van der Waals surface area contributed by atoms with Gasteiger partial charge in [-0.05, 0) is 22.6 Å². The van der Waals surface area contributed by atoms with Crippen LogP contribution in [0.5, 0.6) is 0 Å². The molecule has 0 bridgehead atoms. The maximum atomic E-state index is 11.2. The maximum absolute atomic E-state index is 11.2. The average molecular weight is 351 g/mol. The zero-order valence-electron chi connectivity index (χ0n) is 13.4. The van der Waals surface area contributed by atoms with Gasteiger partial charge in [0.15, 0.2) is 5.60 Å². The van der Waals surface area contributed by atoms with Gasteiger partial charge in [0.1, 0.15) is 6.04 Å². The molecule has 0 unspecified atom stereocenters. The number of carboxylic acids is 1. The van der Waals surface area contributed by atoms with Crippen LogP contribution in [0.15, 0.2) is 66.0 Å². The van der Waals surface area contributed by atoms with E-state index in [1.54, 1.807) is 11.3 Å². The van der Waals surface area contributed by atoms with Crippen LogP contribution in [0.4, 0.5) is 0 Å². The van der Waals surface area contributed by atoms with E-state index in [2.05, 4.69) is 12.1 Å². The standard InChI is InChI=1S/C20H17NO3S/c21-17(19(22)23)12-24-20(18-10-5-11-25-18)15-8-3-1-6-13(15)14-7-2-4-9-16(14)20/h1-11,17H,12,21H2,(H,22,23)/t17-/m0/s1. The molecule has 1 aliphatic rings. The van der Waals surface area contributed by atoms with Gasteiger partial charge in [0, 0.05) is 16.0 Å². The Morgan fingerprint density at radius 1 is 1.04 bits per heavy atom. The molecule has 4 nitrogen and oxygen atoms in total. The minimum atomic E-state index is -1.07. The van der Waals surface area contributed by atoms with Crippen LogP contribution in [0.3, 0.4) is 0 Å². The van der Waals surface area contributed by atoms with E-state index in [9.17, 15) is 4.79 Å². The highest BCUT2D eigenvalue weighted by molar-refractivity contribution is 7.10. The third-order valence-electron chi connectivity index (χ3n) is 4.57. The van der Waals surface area contributed by atoms with E-state index in [1.165, 1.54) is 0 Å². The van der Waals surface area contributed by atoms with E-state index >= 15 is 0 Å². The van der Waals surface area contributed by atoms with E-state index in [1.807, 2.05) is 53.9 Å². The quantitative estimate of drug-likeness (QED) is 0.738. The van der Waals surface area contributed by atoms with Gasteiger partial charge < -0.3 is 15.6 Å². The summed E-state index contributed by atoms with van der Waals surface area (Å²) in [5, 5.41) is 11.2. The van der Waals surface area contributed by atoms with Crippen molar-refractivity contribution in [2.45, 2.75) is 11.6 Å². The maximum Gasteiger partial charge on any atom is 0.322 e. The zero-order valence-corrected chi connectivity index (χ0v) is 14.2. The highest BCUT2D eigenvalue weighted by Crippen LogP contribution is 2.54. The second-order valence-electron chi connectivity index (χ2n) is 6.01. The van der Waals surface area contributed by atoms with E-state index in [4.69, 9.17) is 15.6 Å². The lowest BCUT2D eigenvalue weighted by Crippen LogP contribution is -2.40. The Morgan fingerprint density at radius 3 is 2.16 bits per heavy atom. The summed E-state index contributed by atoms with van der Waals surface area (Å²) >= 11 is 1.59. The number of thiophene rings is 1. The van der Waals surface area contributed by atoms with Crippen LogP contribution < -0.4 is 5.73 Å². The Balaban J connectivity index is 1.93. The van der Waals surface area contributed by atoms with Crippen LogP contribution in [0.25, 0.3) is 11.1 Å². The molecule has 2 aromatic carbocycles. The van der Waals surface area contributed by atoms with Crippen molar-refractivity contribution in [1.29, 1.82) is 0 Å². The normalized spacial score (nSPS) is 15.4. The third-order valence-corrected chi connectivity index (χ3v) is 5.54. The molecule has 0 saturated heterocycles. The Labute approximate surface area is 149 Å². The number of benzene rings is 2. The van der Waals surface area contributed by atoms with Gasteiger partial charge in [-0.15, -0.1) is 11.3 Å². The zero-order chi connectivity index (χ0) is 17.4. The molecular formula is C20H17NO3S. The first kappa shape index (κ1) is 16.0. The number of aliphatic carboxylic acids is 1. The topological polar surface area (TPSA) is 72.5 Å². The minimum absolute atomic E-state index is 0.0735. The lowest BCUT2D eigenvalue weighted by molar-refractivity contribution is -0.141. The van der Waals surface area contributed by atoms with E-state index < -0.39 is 17.6 Å². The molecule has 3 aromatic rings. The predicted octanol–water partition coefficient (Wildman–Crippen LogP) is 3.45.